The summed E-state index contributed by atoms with van der Waals surface area (Å²) in [7, 11) is 1.00. The van der Waals surface area contributed by atoms with E-state index in [1.54, 1.807) is 31.2 Å². The molecule has 0 amide bonds. The Balaban J connectivity index is -0.000000869. The van der Waals surface area contributed by atoms with E-state index in [1.165, 1.54) is 0 Å². The Morgan fingerprint density at radius 2 is 1.44 bits per heavy atom. The molecule has 1 aromatic carbocycles. The van der Waals surface area contributed by atoms with Crippen LogP contribution in [0.3, 0.4) is 0 Å². The van der Waals surface area contributed by atoms with Gasteiger partial charge in [0.25, 0.3) is 0 Å². The molecular formula is C22H38O5. The Kier molecular flexibility index (Phi) is 26.2. The van der Waals surface area contributed by atoms with E-state index >= 15 is 0 Å². The van der Waals surface area contributed by atoms with E-state index in [-0.39, 0.29) is 5.97 Å². The number of carbonyl (C=O) groups is 2. The molecule has 0 bridgehead atoms. The number of aliphatic hydroxyl groups excluding tert-OH is 1. The average Bonchev–Trinajstić information content (AvgIpc) is 2.74. The molecule has 0 aromatic heterocycles. The average molecular weight is 383 g/mol. The largest absolute Gasteiger partial charge is 0.494 e. The zero-order valence-electron chi connectivity index (χ0n) is 17.9. The third kappa shape index (κ3) is 18.4. The molecule has 0 unspecified atom stereocenters. The minimum Gasteiger partial charge on any atom is -0.494 e. The molecule has 0 aliphatic heterocycles. The summed E-state index contributed by atoms with van der Waals surface area (Å²) in [6.45, 7) is 14.3. The second-order valence-corrected chi connectivity index (χ2v) is 4.87. The second kappa shape index (κ2) is 23.9. The first-order chi connectivity index (χ1) is 13.1. The van der Waals surface area contributed by atoms with Gasteiger partial charge in [-0.25, -0.2) is 4.79 Å². The summed E-state index contributed by atoms with van der Waals surface area (Å²) in [5.74, 6) is 0.452. The van der Waals surface area contributed by atoms with Gasteiger partial charge in [0.2, 0.25) is 0 Å². The van der Waals surface area contributed by atoms with E-state index < -0.39 is 0 Å². The van der Waals surface area contributed by atoms with Crippen LogP contribution in [0.5, 0.6) is 5.75 Å². The molecule has 0 atom stereocenters. The molecule has 0 heterocycles. The predicted molar refractivity (Wildman–Crippen MR) is 112 cm³/mol. The Labute approximate surface area is 165 Å². The number of carbonyl (C=O) groups excluding carboxylic acids is 2. The van der Waals surface area contributed by atoms with Gasteiger partial charge in [-0.1, -0.05) is 34.3 Å². The molecule has 1 aromatic rings. The number of unbranched alkanes of at least 4 members (excludes halogenated alkanes) is 3. The highest BCUT2D eigenvalue weighted by Crippen LogP contribution is 2.12. The highest BCUT2D eigenvalue weighted by molar-refractivity contribution is 5.86. The van der Waals surface area contributed by atoms with Crippen LogP contribution in [0.15, 0.2) is 36.4 Å². The van der Waals surface area contributed by atoms with Gasteiger partial charge in [0, 0.05) is 18.2 Å². The molecule has 0 aliphatic carbocycles. The quantitative estimate of drug-likeness (QED) is 0.260. The summed E-state index contributed by atoms with van der Waals surface area (Å²) in [4.78, 5) is 21.6. The lowest BCUT2D eigenvalue weighted by atomic mass is 10.2. The van der Waals surface area contributed by atoms with Crippen LogP contribution in [-0.4, -0.2) is 37.7 Å². The van der Waals surface area contributed by atoms with Gasteiger partial charge in [-0.05, 0) is 56.9 Å². The van der Waals surface area contributed by atoms with E-state index in [2.05, 4.69) is 6.58 Å². The Hall–Kier alpha value is -2.14. The van der Waals surface area contributed by atoms with Crippen molar-refractivity contribution in [1.29, 1.82) is 0 Å². The van der Waals surface area contributed by atoms with Gasteiger partial charge in [0.05, 0.1) is 13.2 Å². The van der Waals surface area contributed by atoms with Crippen LogP contribution in [0.1, 0.15) is 70.7 Å². The maximum atomic E-state index is 11.1. The standard InChI is InChI=1S/C17H22O4.2C2H6.CH4O/c1-14(2)17(19)21-12-6-4-3-5-11-20-16-9-7-15(13-18)8-10-16;3*1-2/h7-10,13H,1,3-6,11-12H2,2H3;2*1-2H3;2H,1H3. The molecule has 5 nitrogen and oxygen atoms in total. The van der Waals surface area contributed by atoms with E-state index in [4.69, 9.17) is 14.6 Å². The maximum absolute atomic E-state index is 11.1. The van der Waals surface area contributed by atoms with Gasteiger partial charge in [-0.15, -0.1) is 0 Å². The zero-order valence-corrected chi connectivity index (χ0v) is 17.9. The normalized spacial score (nSPS) is 8.41. The summed E-state index contributed by atoms with van der Waals surface area (Å²) < 4.78 is 10.6. The highest BCUT2D eigenvalue weighted by Gasteiger charge is 2.01. The number of aliphatic hydroxyl groups is 1. The van der Waals surface area contributed by atoms with Crippen molar-refractivity contribution < 1.29 is 24.2 Å². The summed E-state index contributed by atoms with van der Waals surface area (Å²) >= 11 is 0. The highest BCUT2D eigenvalue weighted by atomic mass is 16.5. The van der Waals surface area contributed by atoms with Crippen molar-refractivity contribution in [2.75, 3.05) is 20.3 Å². The van der Waals surface area contributed by atoms with Crippen LogP contribution < -0.4 is 4.74 Å². The van der Waals surface area contributed by atoms with Crippen LogP contribution in [0.2, 0.25) is 0 Å². The number of hydrogen-bond acceptors (Lipinski definition) is 5. The van der Waals surface area contributed by atoms with Gasteiger partial charge in [0.15, 0.2) is 0 Å². The Morgan fingerprint density at radius 3 is 1.89 bits per heavy atom. The number of aldehydes is 1. The number of rotatable bonds is 10. The van der Waals surface area contributed by atoms with Crippen molar-refractivity contribution in [2.24, 2.45) is 0 Å². The Morgan fingerprint density at radius 1 is 0.963 bits per heavy atom. The molecule has 0 aliphatic rings. The third-order valence-electron chi connectivity index (χ3n) is 2.91. The molecule has 0 spiro atoms. The van der Waals surface area contributed by atoms with Gasteiger partial charge < -0.3 is 14.6 Å². The van der Waals surface area contributed by atoms with E-state index in [9.17, 15) is 9.59 Å². The number of esters is 1. The smallest absolute Gasteiger partial charge is 0.333 e. The fourth-order valence-corrected chi connectivity index (χ4v) is 1.68. The lowest BCUT2D eigenvalue weighted by Crippen LogP contribution is -2.06. The first-order valence-corrected chi connectivity index (χ1v) is 9.59. The van der Waals surface area contributed by atoms with Crippen LogP contribution in [0, 0.1) is 0 Å². The Bertz CT molecular complexity index is 466. The molecule has 0 saturated heterocycles. The first-order valence-electron chi connectivity index (χ1n) is 9.59. The summed E-state index contributed by atoms with van der Waals surface area (Å²) in [5, 5.41) is 7.00. The molecule has 0 fully saturated rings. The van der Waals surface area contributed by atoms with Crippen LogP contribution in [0.4, 0.5) is 0 Å². The van der Waals surface area contributed by atoms with Crippen molar-refractivity contribution in [1.82, 2.24) is 0 Å². The monoisotopic (exact) mass is 382 g/mol. The number of benzene rings is 1. The second-order valence-electron chi connectivity index (χ2n) is 4.87. The van der Waals surface area contributed by atoms with Crippen molar-refractivity contribution in [3.8, 4) is 5.75 Å². The van der Waals surface area contributed by atoms with E-state index in [0.717, 1.165) is 44.8 Å². The molecule has 156 valence electrons. The van der Waals surface area contributed by atoms with E-state index in [1.807, 2.05) is 27.7 Å². The fraction of sp³-hybridized carbons (Fsp3) is 0.545. The van der Waals surface area contributed by atoms with Crippen molar-refractivity contribution >= 4 is 12.3 Å². The van der Waals surface area contributed by atoms with Gasteiger partial charge >= 0.3 is 5.97 Å². The topological polar surface area (TPSA) is 72.8 Å². The fourth-order valence-electron chi connectivity index (χ4n) is 1.68. The number of ether oxygens (including phenoxy) is 2. The molecule has 5 heteroatoms. The minimum absolute atomic E-state index is 0.322. The summed E-state index contributed by atoms with van der Waals surface area (Å²) in [6, 6.07) is 7.05. The molecular weight excluding hydrogens is 344 g/mol. The zero-order chi connectivity index (χ0) is 21.5. The van der Waals surface area contributed by atoms with Crippen LogP contribution >= 0.6 is 0 Å². The first kappa shape index (κ1) is 29.6. The molecule has 1 N–H and O–H groups in total. The molecule has 27 heavy (non-hydrogen) atoms. The van der Waals surface area contributed by atoms with Gasteiger partial charge in [0.1, 0.15) is 12.0 Å². The minimum atomic E-state index is -0.322. The van der Waals surface area contributed by atoms with Gasteiger partial charge in [-0.2, -0.15) is 0 Å². The van der Waals surface area contributed by atoms with Crippen LogP contribution in [-0.2, 0) is 9.53 Å². The van der Waals surface area contributed by atoms with Gasteiger partial charge in [-0.3, -0.25) is 4.79 Å². The third-order valence-corrected chi connectivity index (χ3v) is 2.91. The number of hydrogen-bond donors (Lipinski definition) is 1. The van der Waals surface area contributed by atoms with E-state index in [0.29, 0.717) is 24.4 Å². The molecule has 1 rings (SSSR count). The van der Waals surface area contributed by atoms with Crippen molar-refractivity contribution in [2.45, 2.75) is 60.3 Å². The predicted octanol–water partition coefficient (Wildman–Crippen LogP) is 5.22. The maximum Gasteiger partial charge on any atom is 0.333 e. The lowest BCUT2D eigenvalue weighted by Gasteiger charge is -2.06. The molecule has 0 radical (unpaired) electrons. The SMILES string of the molecule is C=C(C)C(=O)OCCCCCCOc1ccc(C=O)cc1.CC.CC.CO. The molecule has 0 saturated carbocycles. The van der Waals surface area contributed by atoms with Crippen LogP contribution in [0.25, 0.3) is 0 Å². The lowest BCUT2D eigenvalue weighted by molar-refractivity contribution is -0.139. The van der Waals surface area contributed by atoms with Crippen molar-refractivity contribution in [3.63, 3.8) is 0 Å². The summed E-state index contributed by atoms with van der Waals surface area (Å²) in [5.41, 5.74) is 1.08. The summed E-state index contributed by atoms with van der Waals surface area (Å²) in [6.07, 6.45) is 4.63. The van der Waals surface area contributed by atoms with Crippen molar-refractivity contribution in [3.05, 3.63) is 42.0 Å².